The molecule has 7 heteroatoms. The first kappa shape index (κ1) is 29.1. The molecule has 3 nitrogen and oxygen atoms in total. The lowest BCUT2D eigenvalue weighted by Gasteiger charge is -2.39. The molecule has 1 atom stereocenters. The van der Waals surface area contributed by atoms with E-state index in [0.717, 1.165) is 60.0 Å². The summed E-state index contributed by atoms with van der Waals surface area (Å²) in [6.45, 7) is 6.00. The van der Waals surface area contributed by atoms with Crippen molar-refractivity contribution in [1.82, 2.24) is 4.90 Å². The Labute approximate surface area is 238 Å². The van der Waals surface area contributed by atoms with Gasteiger partial charge < -0.3 is 10.0 Å². The van der Waals surface area contributed by atoms with Crippen LogP contribution in [0.15, 0.2) is 60.7 Å². The van der Waals surface area contributed by atoms with Crippen LogP contribution in [0, 0.1) is 18.8 Å². The lowest BCUT2D eigenvalue weighted by molar-refractivity contribution is -0.138. The molecular formula is C34H35F4NO2. The average molecular weight is 566 g/mol. The van der Waals surface area contributed by atoms with Crippen LogP contribution in [-0.2, 0) is 19.0 Å². The lowest BCUT2D eigenvalue weighted by atomic mass is 9.81. The van der Waals surface area contributed by atoms with Gasteiger partial charge in [-0.15, -0.1) is 0 Å². The van der Waals surface area contributed by atoms with Gasteiger partial charge in [-0.1, -0.05) is 49.4 Å². The molecule has 1 heterocycles. The molecule has 3 aromatic carbocycles. The minimum absolute atomic E-state index is 0.0576. The number of allylic oxidation sites excluding steroid dienone is 1. The van der Waals surface area contributed by atoms with Crippen LogP contribution in [0.3, 0.4) is 0 Å². The predicted octanol–water partition coefficient (Wildman–Crippen LogP) is 8.09. The quantitative estimate of drug-likeness (QED) is 0.281. The minimum Gasteiger partial charge on any atom is -0.478 e. The van der Waals surface area contributed by atoms with Crippen LogP contribution < -0.4 is 0 Å². The molecule has 2 aliphatic rings. The average Bonchev–Trinajstić information content (AvgIpc) is 3.05. The summed E-state index contributed by atoms with van der Waals surface area (Å²) < 4.78 is 54.3. The number of carboxylic acids is 1. The zero-order chi connectivity index (χ0) is 29.3. The lowest BCUT2D eigenvalue weighted by Crippen LogP contribution is -2.47. The molecule has 0 aromatic heterocycles. The van der Waals surface area contributed by atoms with E-state index in [9.17, 15) is 27.5 Å². The Morgan fingerprint density at radius 1 is 1.02 bits per heavy atom. The van der Waals surface area contributed by atoms with Crippen LogP contribution in [-0.4, -0.2) is 42.3 Å². The Morgan fingerprint density at radius 3 is 2.41 bits per heavy atom. The maximum Gasteiger partial charge on any atom is 0.416 e. The first-order chi connectivity index (χ1) is 19.6. The Balaban J connectivity index is 1.59. The zero-order valence-electron chi connectivity index (χ0n) is 23.4. The number of carbonyl (C=O) groups is 1. The van der Waals surface area contributed by atoms with Crippen LogP contribution in [0.25, 0.3) is 11.1 Å². The van der Waals surface area contributed by atoms with Crippen molar-refractivity contribution < 1.29 is 27.5 Å². The number of hydrogen-bond donors (Lipinski definition) is 1. The van der Waals surface area contributed by atoms with Gasteiger partial charge in [-0.2, -0.15) is 13.2 Å². The fraction of sp³-hybridized carbons (Fsp3) is 0.382. The summed E-state index contributed by atoms with van der Waals surface area (Å²) in [5.41, 5.74) is 5.87. The Hall–Kier alpha value is -3.45. The van der Waals surface area contributed by atoms with E-state index in [4.69, 9.17) is 0 Å². The Kier molecular flexibility index (Phi) is 8.37. The van der Waals surface area contributed by atoms with E-state index in [1.54, 1.807) is 18.2 Å². The first-order valence-corrected chi connectivity index (χ1v) is 14.2. The molecule has 1 unspecified atom stereocenters. The summed E-state index contributed by atoms with van der Waals surface area (Å²) in [7, 11) is 0. The molecule has 1 fully saturated rings. The van der Waals surface area contributed by atoms with Gasteiger partial charge in [0.05, 0.1) is 17.8 Å². The number of benzene rings is 3. The van der Waals surface area contributed by atoms with Gasteiger partial charge in [0.1, 0.15) is 0 Å². The SMILES string of the molecule is Cc1c(C2=C(c3ccc(CC4CN(CCCF)C4)cc3)c3ccc(C(=O)O)cc3CCC2C)cccc1C(F)(F)F. The van der Waals surface area contributed by atoms with Gasteiger partial charge in [-0.3, -0.25) is 4.39 Å². The molecule has 1 saturated heterocycles. The van der Waals surface area contributed by atoms with E-state index < -0.39 is 17.7 Å². The number of rotatable bonds is 8. The monoisotopic (exact) mass is 565 g/mol. The van der Waals surface area contributed by atoms with Gasteiger partial charge >= 0.3 is 12.1 Å². The van der Waals surface area contributed by atoms with Crippen LogP contribution in [0.1, 0.15) is 69.1 Å². The highest BCUT2D eigenvalue weighted by Gasteiger charge is 2.35. The second-order valence-electron chi connectivity index (χ2n) is 11.5. The molecular weight excluding hydrogens is 530 g/mol. The van der Waals surface area contributed by atoms with Gasteiger partial charge in [-0.25, -0.2) is 4.79 Å². The highest BCUT2D eigenvalue weighted by atomic mass is 19.4. The number of aromatic carboxylic acids is 1. The molecule has 5 rings (SSSR count). The molecule has 1 N–H and O–H groups in total. The molecule has 3 aromatic rings. The maximum atomic E-state index is 13.9. The molecule has 0 amide bonds. The fourth-order valence-electron chi connectivity index (χ4n) is 6.44. The highest BCUT2D eigenvalue weighted by molar-refractivity contribution is 6.01. The summed E-state index contributed by atoms with van der Waals surface area (Å²) in [6, 6.07) is 17.7. The van der Waals surface area contributed by atoms with Crippen molar-refractivity contribution in [2.24, 2.45) is 11.8 Å². The van der Waals surface area contributed by atoms with E-state index in [2.05, 4.69) is 17.0 Å². The second-order valence-corrected chi connectivity index (χ2v) is 11.5. The molecule has 41 heavy (non-hydrogen) atoms. The number of fused-ring (bicyclic) bond motifs is 1. The van der Waals surface area contributed by atoms with Crippen molar-refractivity contribution in [3.05, 3.63) is 105 Å². The van der Waals surface area contributed by atoms with Gasteiger partial charge in [0.25, 0.3) is 0 Å². The van der Waals surface area contributed by atoms with Crippen LogP contribution in [0.5, 0.6) is 0 Å². The predicted molar refractivity (Wildman–Crippen MR) is 154 cm³/mol. The molecule has 0 radical (unpaired) electrons. The molecule has 1 aliphatic heterocycles. The molecule has 216 valence electrons. The summed E-state index contributed by atoms with van der Waals surface area (Å²) in [4.78, 5) is 14.0. The van der Waals surface area contributed by atoms with Crippen molar-refractivity contribution in [1.29, 1.82) is 0 Å². The fourth-order valence-corrected chi connectivity index (χ4v) is 6.44. The number of carboxylic acid groups (broad SMARTS) is 1. The number of alkyl halides is 4. The smallest absolute Gasteiger partial charge is 0.416 e. The van der Waals surface area contributed by atoms with Crippen molar-refractivity contribution >= 4 is 17.1 Å². The van der Waals surface area contributed by atoms with Crippen molar-refractivity contribution in [2.75, 3.05) is 26.3 Å². The van der Waals surface area contributed by atoms with Gasteiger partial charge in [0.2, 0.25) is 0 Å². The number of likely N-dealkylation sites (tertiary alicyclic amines) is 1. The maximum absolute atomic E-state index is 13.9. The van der Waals surface area contributed by atoms with E-state index in [0.29, 0.717) is 30.7 Å². The molecule has 0 spiro atoms. The second kappa shape index (κ2) is 11.8. The van der Waals surface area contributed by atoms with Gasteiger partial charge in [0.15, 0.2) is 0 Å². The van der Waals surface area contributed by atoms with Gasteiger partial charge in [0, 0.05) is 19.6 Å². The van der Waals surface area contributed by atoms with Gasteiger partial charge in [-0.05, 0) is 107 Å². The van der Waals surface area contributed by atoms with Crippen LogP contribution >= 0.6 is 0 Å². The Bertz CT molecular complexity index is 1450. The topological polar surface area (TPSA) is 40.5 Å². The zero-order valence-corrected chi connectivity index (χ0v) is 23.4. The van der Waals surface area contributed by atoms with Crippen LogP contribution in [0.2, 0.25) is 0 Å². The third kappa shape index (κ3) is 6.10. The molecule has 1 aliphatic carbocycles. The highest BCUT2D eigenvalue weighted by Crippen LogP contribution is 2.45. The van der Waals surface area contributed by atoms with Crippen molar-refractivity contribution in [3.8, 4) is 0 Å². The third-order valence-corrected chi connectivity index (χ3v) is 8.57. The summed E-state index contributed by atoms with van der Waals surface area (Å²) in [5, 5.41) is 9.61. The van der Waals surface area contributed by atoms with Crippen molar-refractivity contribution in [2.45, 2.75) is 45.7 Å². The Morgan fingerprint density at radius 2 is 1.76 bits per heavy atom. The van der Waals surface area contributed by atoms with E-state index >= 15 is 0 Å². The number of halogens is 4. The standard InChI is InChI=1S/C34H35F4NO2/c1-21-7-10-26-18-27(33(40)41)13-14-29(26)32(31(21)28-5-3-6-30(22(28)2)34(36,37)38)25-11-8-23(9-12-25)17-24-19-39(20-24)16-4-15-35/h3,5-6,8-9,11-14,18,21,24H,4,7,10,15-17,19-20H2,1-2H3,(H,40,41). The molecule has 0 saturated carbocycles. The number of nitrogens with zero attached hydrogens (tertiary/aromatic N) is 1. The van der Waals surface area contributed by atoms with Crippen molar-refractivity contribution in [3.63, 3.8) is 0 Å². The van der Waals surface area contributed by atoms with E-state index in [1.165, 1.54) is 18.6 Å². The van der Waals surface area contributed by atoms with E-state index in [-0.39, 0.29) is 23.7 Å². The number of hydrogen-bond acceptors (Lipinski definition) is 2. The van der Waals surface area contributed by atoms with E-state index in [1.807, 2.05) is 25.1 Å². The summed E-state index contributed by atoms with van der Waals surface area (Å²) in [5.74, 6) is -0.540. The first-order valence-electron chi connectivity index (χ1n) is 14.2. The third-order valence-electron chi connectivity index (χ3n) is 8.57. The number of aryl methyl sites for hydroxylation is 1. The normalized spacial score (nSPS) is 18.1. The van der Waals surface area contributed by atoms with Crippen LogP contribution in [0.4, 0.5) is 17.6 Å². The largest absolute Gasteiger partial charge is 0.478 e. The summed E-state index contributed by atoms with van der Waals surface area (Å²) >= 11 is 0. The minimum atomic E-state index is -4.46. The molecule has 0 bridgehead atoms. The summed E-state index contributed by atoms with van der Waals surface area (Å²) in [6.07, 6.45) is -1.67.